The third-order valence-corrected chi connectivity index (χ3v) is 5.94. The lowest BCUT2D eigenvalue weighted by atomic mass is 10.1. The predicted molar refractivity (Wildman–Crippen MR) is 145 cm³/mol. The minimum absolute atomic E-state index is 0. The smallest absolute Gasteiger partial charge is 0.191 e. The maximum atomic E-state index is 4.79. The normalized spacial score (nSPS) is 17.1. The van der Waals surface area contributed by atoms with Gasteiger partial charge >= 0.3 is 0 Å². The Bertz CT molecular complexity index is 597. The van der Waals surface area contributed by atoms with Crippen LogP contribution in [0.1, 0.15) is 38.7 Å². The number of likely N-dealkylation sites (N-methyl/N-ethyl adjacent to an activating group) is 1. The Hall–Kier alpha value is -0.900. The van der Waals surface area contributed by atoms with Crippen molar-refractivity contribution in [2.24, 2.45) is 4.99 Å². The molecule has 1 aliphatic rings. The van der Waals surface area contributed by atoms with Crippen LogP contribution in [0.25, 0.3) is 0 Å². The van der Waals surface area contributed by atoms with Crippen LogP contribution >= 0.6 is 24.0 Å². The van der Waals surface area contributed by atoms with Crippen molar-refractivity contribution in [1.82, 2.24) is 25.3 Å². The van der Waals surface area contributed by atoms with E-state index in [0.717, 1.165) is 51.5 Å². The number of benzene rings is 1. The van der Waals surface area contributed by atoms with Gasteiger partial charge in [0.15, 0.2) is 5.96 Å². The van der Waals surface area contributed by atoms with Crippen molar-refractivity contribution in [3.8, 4) is 0 Å². The van der Waals surface area contributed by atoms with Gasteiger partial charge in [-0.3, -0.25) is 9.89 Å². The number of nitrogens with zero attached hydrogens (tertiary/aromatic N) is 4. The summed E-state index contributed by atoms with van der Waals surface area (Å²) in [7, 11) is 4.43. The van der Waals surface area contributed by atoms with Crippen LogP contribution in [0.3, 0.4) is 0 Å². The summed E-state index contributed by atoms with van der Waals surface area (Å²) >= 11 is 0. The molecular weight excluding hydrogens is 499 g/mol. The summed E-state index contributed by atoms with van der Waals surface area (Å²) in [6.45, 7) is 14.1. The van der Waals surface area contributed by atoms with E-state index in [2.05, 4.69) is 83.6 Å². The van der Waals surface area contributed by atoms with Gasteiger partial charge in [0.25, 0.3) is 0 Å². The third-order valence-electron chi connectivity index (χ3n) is 5.94. The molecule has 0 saturated carbocycles. The van der Waals surface area contributed by atoms with Gasteiger partial charge in [-0.2, -0.15) is 0 Å². The molecule has 1 aromatic carbocycles. The average Bonchev–Trinajstić information content (AvgIpc) is 2.95. The molecule has 0 amide bonds. The van der Waals surface area contributed by atoms with Gasteiger partial charge < -0.3 is 20.4 Å². The zero-order chi connectivity index (χ0) is 21.6. The fourth-order valence-electron chi connectivity index (χ4n) is 3.80. The highest BCUT2D eigenvalue weighted by molar-refractivity contribution is 14.0. The van der Waals surface area contributed by atoms with Gasteiger partial charge in [0.2, 0.25) is 0 Å². The highest BCUT2D eigenvalue weighted by Gasteiger charge is 2.12. The van der Waals surface area contributed by atoms with Crippen molar-refractivity contribution >= 4 is 29.9 Å². The van der Waals surface area contributed by atoms with Crippen molar-refractivity contribution in [2.45, 2.75) is 45.7 Å². The van der Waals surface area contributed by atoms with E-state index in [1.54, 1.807) is 0 Å². The molecule has 31 heavy (non-hydrogen) atoms. The molecule has 0 bridgehead atoms. The van der Waals surface area contributed by atoms with Crippen LogP contribution in [0, 0.1) is 0 Å². The number of hydrogen-bond donors (Lipinski definition) is 2. The van der Waals surface area contributed by atoms with Gasteiger partial charge in [0.1, 0.15) is 0 Å². The lowest BCUT2D eigenvalue weighted by Gasteiger charge is -2.25. The molecule has 1 aliphatic heterocycles. The Morgan fingerprint density at radius 2 is 1.90 bits per heavy atom. The van der Waals surface area contributed by atoms with Crippen molar-refractivity contribution in [1.29, 1.82) is 0 Å². The number of nitrogens with one attached hydrogen (secondary N) is 2. The molecule has 1 unspecified atom stereocenters. The molecule has 1 heterocycles. The molecule has 0 radical (unpaired) electrons. The van der Waals surface area contributed by atoms with Gasteiger partial charge in [-0.05, 0) is 72.4 Å². The summed E-state index contributed by atoms with van der Waals surface area (Å²) in [5, 5.41) is 6.90. The summed E-state index contributed by atoms with van der Waals surface area (Å²) in [6, 6.07) is 11.2. The molecule has 1 fully saturated rings. The number of guanidine groups is 1. The van der Waals surface area contributed by atoms with Crippen molar-refractivity contribution in [2.75, 3.05) is 66.5 Å². The SMILES string of the molecule is CCNC(=NCCCN1CCCN(C)CC1)NCCC(C)N(C)Cc1ccccc1.I. The minimum Gasteiger partial charge on any atom is -0.357 e. The molecular formula is C24H45IN6. The molecule has 2 rings (SSSR count). The van der Waals surface area contributed by atoms with E-state index in [0.29, 0.717) is 6.04 Å². The van der Waals surface area contributed by atoms with Gasteiger partial charge in [-0.25, -0.2) is 0 Å². The average molecular weight is 545 g/mol. The predicted octanol–water partition coefficient (Wildman–Crippen LogP) is 3.10. The van der Waals surface area contributed by atoms with E-state index in [1.807, 2.05) is 0 Å². The topological polar surface area (TPSA) is 46.1 Å². The number of halogens is 1. The first-order valence-corrected chi connectivity index (χ1v) is 11.8. The Morgan fingerprint density at radius 1 is 1.13 bits per heavy atom. The molecule has 0 aromatic heterocycles. The van der Waals surface area contributed by atoms with Gasteiger partial charge in [-0.1, -0.05) is 30.3 Å². The first-order valence-electron chi connectivity index (χ1n) is 11.8. The number of hydrogen-bond acceptors (Lipinski definition) is 4. The van der Waals surface area contributed by atoms with Crippen LogP contribution in [0.5, 0.6) is 0 Å². The Morgan fingerprint density at radius 3 is 2.65 bits per heavy atom. The van der Waals surface area contributed by atoms with Gasteiger partial charge in [0.05, 0.1) is 0 Å². The molecule has 1 aromatic rings. The summed E-state index contributed by atoms with van der Waals surface area (Å²) < 4.78 is 0. The second-order valence-corrected chi connectivity index (χ2v) is 8.58. The Labute approximate surface area is 207 Å². The second-order valence-electron chi connectivity index (χ2n) is 8.58. The van der Waals surface area contributed by atoms with Crippen molar-refractivity contribution in [3.05, 3.63) is 35.9 Å². The number of rotatable bonds is 11. The van der Waals surface area contributed by atoms with Crippen LogP contribution < -0.4 is 10.6 Å². The molecule has 0 aliphatic carbocycles. The third kappa shape index (κ3) is 12.1. The zero-order valence-electron chi connectivity index (χ0n) is 20.1. The van der Waals surface area contributed by atoms with Crippen molar-refractivity contribution in [3.63, 3.8) is 0 Å². The maximum Gasteiger partial charge on any atom is 0.191 e. The number of aliphatic imine (C=N–C) groups is 1. The molecule has 7 heteroatoms. The zero-order valence-corrected chi connectivity index (χ0v) is 22.5. The van der Waals surface area contributed by atoms with E-state index in [-0.39, 0.29) is 24.0 Å². The molecule has 1 atom stereocenters. The lowest BCUT2D eigenvalue weighted by molar-refractivity contribution is 0.238. The van der Waals surface area contributed by atoms with Crippen LogP contribution in [-0.4, -0.2) is 93.2 Å². The molecule has 0 spiro atoms. The fourth-order valence-corrected chi connectivity index (χ4v) is 3.80. The molecule has 1 saturated heterocycles. The largest absolute Gasteiger partial charge is 0.357 e. The second kappa shape index (κ2) is 16.7. The van der Waals surface area contributed by atoms with Gasteiger partial charge in [0, 0.05) is 45.3 Å². The van der Waals surface area contributed by atoms with Crippen LogP contribution in [0.4, 0.5) is 0 Å². The highest BCUT2D eigenvalue weighted by atomic mass is 127. The Kier molecular flexibility index (Phi) is 15.2. The summed E-state index contributed by atoms with van der Waals surface area (Å²) in [5.74, 6) is 0.950. The summed E-state index contributed by atoms with van der Waals surface area (Å²) in [5.41, 5.74) is 1.37. The standard InChI is InChI=1S/C24H44N6.HI/c1-5-25-24(26-14-9-17-30-18-10-16-28(3)19-20-30)27-15-13-22(2)29(4)21-23-11-7-6-8-12-23;/h6-8,11-12,22H,5,9-10,13-21H2,1-4H3,(H2,25,26,27);1H. The molecule has 6 nitrogen and oxygen atoms in total. The highest BCUT2D eigenvalue weighted by Crippen LogP contribution is 2.08. The molecule has 178 valence electrons. The molecule has 2 N–H and O–H groups in total. The summed E-state index contributed by atoms with van der Waals surface area (Å²) in [4.78, 5) is 12.2. The van der Waals surface area contributed by atoms with E-state index in [4.69, 9.17) is 4.99 Å². The monoisotopic (exact) mass is 544 g/mol. The van der Waals surface area contributed by atoms with E-state index >= 15 is 0 Å². The van der Waals surface area contributed by atoms with Crippen LogP contribution in [0.2, 0.25) is 0 Å². The van der Waals surface area contributed by atoms with Crippen LogP contribution in [-0.2, 0) is 6.54 Å². The first kappa shape index (κ1) is 28.1. The quantitative estimate of drug-likeness (QED) is 0.194. The lowest BCUT2D eigenvalue weighted by Crippen LogP contribution is -2.40. The Balaban J connectivity index is 0.00000480. The van der Waals surface area contributed by atoms with E-state index in [9.17, 15) is 0 Å². The maximum absolute atomic E-state index is 4.79. The minimum atomic E-state index is 0. The van der Waals surface area contributed by atoms with Gasteiger partial charge in [-0.15, -0.1) is 24.0 Å². The first-order chi connectivity index (χ1) is 14.6. The summed E-state index contributed by atoms with van der Waals surface area (Å²) in [6.07, 6.45) is 3.49. The van der Waals surface area contributed by atoms with Crippen molar-refractivity contribution < 1.29 is 0 Å². The van der Waals surface area contributed by atoms with E-state index in [1.165, 1.54) is 38.2 Å². The fraction of sp³-hybridized carbons (Fsp3) is 0.708. The van der Waals surface area contributed by atoms with E-state index < -0.39 is 0 Å². The van der Waals surface area contributed by atoms with Crippen LogP contribution in [0.15, 0.2) is 35.3 Å².